The minimum atomic E-state index is -0.345. The molecule has 0 radical (unpaired) electrons. The van der Waals surface area contributed by atoms with Crippen LogP contribution in [0.3, 0.4) is 0 Å². The fourth-order valence-corrected chi connectivity index (χ4v) is 2.06. The van der Waals surface area contributed by atoms with E-state index in [0.29, 0.717) is 16.3 Å². The van der Waals surface area contributed by atoms with Crippen LogP contribution >= 0.6 is 22.9 Å². The smallest absolute Gasteiger partial charge is 0.256 e. The number of rotatable bonds is 2. The van der Waals surface area contributed by atoms with Gasteiger partial charge >= 0.3 is 0 Å². The quantitative estimate of drug-likeness (QED) is 0.656. The Bertz CT molecular complexity index is 592. The van der Waals surface area contributed by atoms with Crippen molar-refractivity contribution in [3.05, 3.63) is 50.9 Å². The van der Waals surface area contributed by atoms with Gasteiger partial charge in [0.1, 0.15) is 5.69 Å². The largest absolute Gasteiger partial charge is 0.305 e. The first-order chi connectivity index (χ1) is 8.56. The van der Waals surface area contributed by atoms with Crippen LogP contribution in [0.5, 0.6) is 0 Å². The molecule has 0 bridgehead atoms. The first-order valence-electron chi connectivity index (χ1n) is 5.14. The van der Waals surface area contributed by atoms with Gasteiger partial charge in [-0.2, -0.15) is 0 Å². The number of halogens is 1. The fraction of sp³-hybridized carbons (Fsp3) is 0.0833. The number of nitrogens with one attached hydrogen (secondary N) is 2. The van der Waals surface area contributed by atoms with Crippen LogP contribution < -0.4 is 5.32 Å². The van der Waals surface area contributed by atoms with Crippen molar-refractivity contribution in [2.45, 2.75) is 6.92 Å². The molecule has 2 N–H and O–H groups in total. The Morgan fingerprint density at radius 2 is 2.06 bits per heavy atom. The van der Waals surface area contributed by atoms with E-state index < -0.39 is 0 Å². The van der Waals surface area contributed by atoms with Crippen LogP contribution in [0.2, 0.25) is 5.02 Å². The normalized spacial score (nSPS) is 10.1. The Morgan fingerprint density at radius 3 is 2.61 bits per heavy atom. The second-order valence-electron chi connectivity index (χ2n) is 3.59. The van der Waals surface area contributed by atoms with E-state index in [1.807, 2.05) is 6.92 Å². The van der Waals surface area contributed by atoms with Crippen molar-refractivity contribution < 1.29 is 4.79 Å². The van der Waals surface area contributed by atoms with E-state index in [-0.39, 0.29) is 11.7 Å². The van der Waals surface area contributed by atoms with Crippen LogP contribution in [0.15, 0.2) is 29.6 Å². The number of hydrogen-bond donors (Lipinski definition) is 2. The minimum Gasteiger partial charge on any atom is -0.305 e. The number of carbonyl (C=O) groups is 1. The van der Waals surface area contributed by atoms with Crippen molar-refractivity contribution in [2.24, 2.45) is 0 Å². The summed E-state index contributed by atoms with van der Waals surface area (Å²) in [6, 6.07) is 6.48. The number of hydrogen-bond acceptors (Lipinski definition) is 4. The lowest BCUT2D eigenvalue weighted by atomic mass is 10.2. The number of amidine groups is 1. The maximum atomic E-state index is 11.8. The molecule has 0 aliphatic heterocycles. The van der Waals surface area contributed by atoms with Crippen molar-refractivity contribution in [1.29, 1.82) is 5.41 Å². The Kier molecular flexibility index (Phi) is 3.74. The van der Waals surface area contributed by atoms with Gasteiger partial charge in [-0.1, -0.05) is 11.6 Å². The molecule has 0 atom stereocenters. The summed E-state index contributed by atoms with van der Waals surface area (Å²) in [4.78, 5) is 16.0. The molecule has 1 amide bonds. The summed E-state index contributed by atoms with van der Waals surface area (Å²) in [5, 5.41) is 13.4. The van der Waals surface area contributed by atoms with Gasteiger partial charge in [0.05, 0.1) is 5.01 Å². The molecule has 0 unspecified atom stereocenters. The third-order valence-corrected chi connectivity index (χ3v) is 3.25. The Labute approximate surface area is 113 Å². The molecule has 0 aliphatic carbocycles. The maximum absolute atomic E-state index is 11.8. The monoisotopic (exact) mass is 279 g/mol. The van der Waals surface area contributed by atoms with E-state index in [4.69, 9.17) is 17.0 Å². The van der Waals surface area contributed by atoms with E-state index in [1.54, 1.807) is 29.6 Å². The van der Waals surface area contributed by atoms with Crippen LogP contribution in [-0.2, 0) is 0 Å². The van der Waals surface area contributed by atoms with Gasteiger partial charge in [0.2, 0.25) is 0 Å². The van der Waals surface area contributed by atoms with Gasteiger partial charge in [0, 0.05) is 16.0 Å². The van der Waals surface area contributed by atoms with Gasteiger partial charge in [-0.05, 0) is 31.2 Å². The SMILES string of the molecule is Cc1nc(C(=N)NC(=O)c2ccc(Cl)cc2)cs1. The summed E-state index contributed by atoms with van der Waals surface area (Å²) in [6.07, 6.45) is 0. The summed E-state index contributed by atoms with van der Waals surface area (Å²) < 4.78 is 0. The standard InChI is InChI=1S/C12H10ClN3OS/c1-7-15-10(6-18-7)11(14)16-12(17)8-2-4-9(13)5-3-8/h2-6H,1H3,(H2,14,16,17). The van der Waals surface area contributed by atoms with Gasteiger partial charge in [-0.25, -0.2) is 4.98 Å². The third-order valence-electron chi connectivity index (χ3n) is 2.22. The molecule has 4 nitrogen and oxygen atoms in total. The molecule has 2 aromatic rings. The van der Waals surface area contributed by atoms with Gasteiger partial charge < -0.3 is 5.32 Å². The molecule has 2 rings (SSSR count). The van der Waals surface area contributed by atoms with E-state index in [2.05, 4.69) is 10.3 Å². The molecular weight excluding hydrogens is 270 g/mol. The zero-order valence-electron chi connectivity index (χ0n) is 9.53. The molecule has 1 aromatic carbocycles. The predicted molar refractivity (Wildman–Crippen MR) is 72.6 cm³/mol. The van der Waals surface area contributed by atoms with Crippen LogP contribution in [0, 0.1) is 12.3 Å². The van der Waals surface area contributed by atoms with Crippen LogP contribution in [0.1, 0.15) is 21.1 Å². The molecule has 1 heterocycles. The second kappa shape index (κ2) is 5.29. The highest BCUT2D eigenvalue weighted by molar-refractivity contribution is 7.09. The van der Waals surface area contributed by atoms with Crippen LogP contribution in [-0.4, -0.2) is 16.7 Å². The first kappa shape index (κ1) is 12.7. The number of thiazole rings is 1. The van der Waals surface area contributed by atoms with Crippen molar-refractivity contribution in [3.63, 3.8) is 0 Å². The van der Waals surface area contributed by atoms with Crippen molar-refractivity contribution in [1.82, 2.24) is 10.3 Å². The van der Waals surface area contributed by atoms with E-state index in [9.17, 15) is 4.79 Å². The summed E-state index contributed by atoms with van der Waals surface area (Å²) in [5.41, 5.74) is 0.927. The molecule has 0 saturated carbocycles. The number of amides is 1. The van der Waals surface area contributed by atoms with Crippen LogP contribution in [0.4, 0.5) is 0 Å². The number of carbonyl (C=O) groups excluding carboxylic acids is 1. The third kappa shape index (κ3) is 2.94. The topological polar surface area (TPSA) is 65.8 Å². The molecule has 1 aromatic heterocycles. The van der Waals surface area contributed by atoms with Gasteiger partial charge in [0.15, 0.2) is 5.84 Å². The Hall–Kier alpha value is -1.72. The summed E-state index contributed by atoms with van der Waals surface area (Å²) in [5.74, 6) is -0.346. The highest BCUT2D eigenvalue weighted by Crippen LogP contribution is 2.10. The predicted octanol–water partition coefficient (Wildman–Crippen LogP) is 2.86. The molecule has 18 heavy (non-hydrogen) atoms. The van der Waals surface area contributed by atoms with Crippen molar-refractivity contribution >= 4 is 34.7 Å². The Balaban J connectivity index is 2.08. The van der Waals surface area contributed by atoms with Crippen LogP contribution in [0.25, 0.3) is 0 Å². The van der Waals surface area contributed by atoms with Gasteiger partial charge in [-0.3, -0.25) is 10.2 Å². The lowest BCUT2D eigenvalue weighted by Gasteiger charge is -2.04. The zero-order chi connectivity index (χ0) is 13.1. The van der Waals surface area contributed by atoms with E-state index in [0.717, 1.165) is 5.01 Å². The maximum Gasteiger partial charge on any atom is 0.256 e. The van der Waals surface area contributed by atoms with E-state index in [1.165, 1.54) is 11.3 Å². The number of aryl methyl sites for hydroxylation is 1. The molecule has 6 heteroatoms. The van der Waals surface area contributed by atoms with Gasteiger partial charge in [0.25, 0.3) is 5.91 Å². The number of benzene rings is 1. The molecule has 0 fully saturated rings. The second-order valence-corrected chi connectivity index (χ2v) is 5.09. The van der Waals surface area contributed by atoms with Crippen molar-refractivity contribution in [2.75, 3.05) is 0 Å². The molecule has 92 valence electrons. The number of nitrogens with zero attached hydrogens (tertiary/aromatic N) is 1. The molecule has 0 saturated heterocycles. The Morgan fingerprint density at radius 1 is 1.39 bits per heavy atom. The van der Waals surface area contributed by atoms with Gasteiger partial charge in [-0.15, -0.1) is 11.3 Å². The highest BCUT2D eigenvalue weighted by atomic mass is 35.5. The minimum absolute atomic E-state index is 0.000648. The number of aromatic nitrogens is 1. The zero-order valence-corrected chi connectivity index (χ0v) is 11.1. The van der Waals surface area contributed by atoms with E-state index >= 15 is 0 Å². The summed E-state index contributed by atoms with van der Waals surface area (Å²) in [6.45, 7) is 1.85. The molecular formula is C12H10ClN3OS. The van der Waals surface area contributed by atoms with Crippen molar-refractivity contribution in [3.8, 4) is 0 Å². The molecule has 0 spiro atoms. The first-order valence-corrected chi connectivity index (χ1v) is 6.40. The summed E-state index contributed by atoms with van der Waals surface area (Å²) >= 11 is 7.18. The lowest BCUT2D eigenvalue weighted by Crippen LogP contribution is -2.30. The summed E-state index contributed by atoms with van der Waals surface area (Å²) in [7, 11) is 0. The fourth-order valence-electron chi connectivity index (χ4n) is 1.33. The highest BCUT2D eigenvalue weighted by Gasteiger charge is 2.11. The lowest BCUT2D eigenvalue weighted by molar-refractivity contribution is 0.0977. The molecule has 0 aliphatic rings. The average molecular weight is 280 g/mol. The average Bonchev–Trinajstić information content (AvgIpc) is 2.76.